The Hall–Kier alpha value is -1.76. The molecule has 6 heteroatoms. The average molecular weight is 276 g/mol. The van der Waals surface area contributed by atoms with Gasteiger partial charge in [0.1, 0.15) is 0 Å². The lowest BCUT2D eigenvalue weighted by Crippen LogP contribution is -2.21. The van der Waals surface area contributed by atoms with Crippen molar-refractivity contribution in [2.75, 3.05) is 20.3 Å². The van der Waals surface area contributed by atoms with Crippen molar-refractivity contribution in [3.05, 3.63) is 47.8 Å². The summed E-state index contributed by atoms with van der Waals surface area (Å²) in [6.07, 6.45) is 1.67. The van der Waals surface area contributed by atoms with Gasteiger partial charge in [0.05, 0.1) is 44.3 Å². The van der Waals surface area contributed by atoms with Crippen LogP contribution < -0.4 is 5.73 Å². The molecule has 0 amide bonds. The first kappa shape index (κ1) is 14.6. The molecule has 1 aromatic carbocycles. The average Bonchev–Trinajstić information content (AvgIpc) is 2.93. The highest BCUT2D eigenvalue weighted by molar-refractivity contribution is 5.13. The molecule has 0 radical (unpaired) electrons. The minimum atomic E-state index is -0.218. The molecule has 0 aliphatic carbocycles. The number of nitrogens with two attached hydrogens (primary N) is 1. The van der Waals surface area contributed by atoms with E-state index in [9.17, 15) is 0 Å². The third kappa shape index (κ3) is 4.12. The quantitative estimate of drug-likeness (QED) is 0.732. The summed E-state index contributed by atoms with van der Waals surface area (Å²) < 4.78 is 12.4. The molecule has 6 nitrogen and oxygen atoms in total. The van der Waals surface area contributed by atoms with E-state index in [2.05, 4.69) is 10.3 Å². The Balaban J connectivity index is 1.78. The highest BCUT2D eigenvalue weighted by Crippen LogP contribution is 2.08. The van der Waals surface area contributed by atoms with E-state index in [1.807, 2.05) is 30.3 Å². The first-order valence-electron chi connectivity index (χ1n) is 6.56. The monoisotopic (exact) mass is 276 g/mol. The normalized spacial score (nSPS) is 12.5. The second-order valence-electron chi connectivity index (χ2n) is 4.48. The lowest BCUT2D eigenvalue weighted by molar-refractivity contribution is 0.108. The van der Waals surface area contributed by atoms with Gasteiger partial charge in [0.2, 0.25) is 0 Å². The van der Waals surface area contributed by atoms with Gasteiger partial charge in [-0.05, 0) is 5.56 Å². The highest BCUT2D eigenvalue weighted by atomic mass is 16.5. The molecular formula is C14H20N4O2. The fraction of sp³-hybridized carbons (Fsp3) is 0.429. The Bertz CT molecular complexity index is 501. The van der Waals surface area contributed by atoms with Crippen LogP contribution in [0.5, 0.6) is 0 Å². The molecule has 2 aromatic rings. The van der Waals surface area contributed by atoms with Crippen LogP contribution >= 0.6 is 0 Å². The van der Waals surface area contributed by atoms with Crippen LogP contribution in [0.1, 0.15) is 17.3 Å². The second-order valence-corrected chi connectivity index (χ2v) is 4.48. The van der Waals surface area contributed by atoms with Crippen LogP contribution in [0.3, 0.4) is 0 Å². The SMILES string of the molecule is COC[C@H](N)c1cnnn1CCOCc1ccccc1. The lowest BCUT2D eigenvalue weighted by atomic mass is 10.2. The number of benzene rings is 1. The zero-order chi connectivity index (χ0) is 14.2. The van der Waals surface area contributed by atoms with Gasteiger partial charge >= 0.3 is 0 Å². The molecule has 0 bridgehead atoms. The Labute approximate surface area is 118 Å². The standard InChI is InChI=1S/C14H20N4O2/c1-19-11-13(15)14-9-16-17-18(14)7-8-20-10-12-5-3-2-4-6-12/h2-6,9,13H,7-8,10-11,15H2,1H3/t13-/m0/s1. The number of aromatic nitrogens is 3. The molecule has 0 saturated heterocycles. The third-order valence-corrected chi connectivity index (χ3v) is 2.93. The molecule has 0 aliphatic rings. The van der Waals surface area contributed by atoms with E-state index < -0.39 is 0 Å². The first-order chi connectivity index (χ1) is 9.81. The maximum atomic E-state index is 5.98. The molecule has 1 heterocycles. The summed E-state index contributed by atoms with van der Waals surface area (Å²) in [7, 11) is 1.62. The molecule has 2 rings (SSSR count). The van der Waals surface area contributed by atoms with Crippen LogP contribution in [0.2, 0.25) is 0 Å². The Kier molecular flexibility index (Phi) is 5.67. The van der Waals surface area contributed by atoms with Crippen LogP contribution in [-0.4, -0.2) is 35.3 Å². The maximum Gasteiger partial charge on any atom is 0.0778 e. The lowest BCUT2D eigenvalue weighted by Gasteiger charge is -2.12. The first-order valence-corrected chi connectivity index (χ1v) is 6.56. The van der Waals surface area contributed by atoms with Crippen molar-refractivity contribution in [2.24, 2.45) is 5.73 Å². The molecule has 1 atom stereocenters. The summed E-state index contributed by atoms with van der Waals surface area (Å²) in [4.78, 5) is 0. The molecular weight excluding hydrogens is 256 g/mol. The van der Waals surface area contributed by atoms with Gasteiger partial charge in [0.25, 0.3) is 0 Å². The fourth-order valence-corrected chi connectivity index (χ4v) is 1.91. The Morgan fingerprint density at radius 3 is 2.85 bits per heavy atom. The number of hydrogen-bond donors (Lipinski definition) is 1. The zero-order valence-electron chi connectivity index (χ0n) is 11.6. The van der Waals surface area contributed by atoms with E-state index >= 15 is 0 Å². The van der Waals surface area contributed by atoms with Gasteiger partial charge in [-0.25, -0.2) is 4.68 Å². The van der Waals surface area contributed by atoms with Crippen molar-refractivity contribution in [1.29, 1.82) is 0 Å². The molecule has 0 fully saturated rings. The van der Waals surface area contributed by atoms with Gasteiger partial charge in [-0.1, -0.05) is 35.5 Å². The highest BCUT2D eigenvalue weighted by Gasteiger charge is 2.12. The number of methoxy groups -OCH3 is 1. The van der Waals surface area contributed by atoms with Gasteiger partial charge in [0.15, 0.2) is 0 Å². The number of hydrogen-bond acceptors (Lipinski definition) is 5. The van der Waals surface area contributed by atoms with Gasteiger partial charge in [-0.15, -0.1) is 5.10 Å². The predicted octanol–water partition coefficient (Wildman–Crippen LogP) is 1.14. The van der Waals surface area contributed by atoms with Gasteiger partial charge < -0.3 is 15.2 Å². The minimum absolute atomic E-state index is 0.218. The molecule has 20 heavy (non-hydrogen) atoms. The van der Waals surface area contributed by atoms with E-state index in [0.29, 0.717) is 26.4 Å². The molecule has 0 saturated carbocycles. The Morgan fingerprint density at radius 1 is 1.30 bits per heavy atom. The fourth-order valence-electron chi connectivity index (χ4n) is 1.91. The van der Waals surface area contributed by atoms with E-state index in [1.54, 1.807) is 18.0 Å². The largest absolute Gasteiger partial charge is 0.383 e. The summed E-state index contributed by atoms with van der Waals surface area (Å²) in [5, 5.41) is 7.90. The molecule has 0 spiro atoms. The summed E-state index contributed by atoms with van der Waals surface area (Å²) in [6, 6.07) is 9.84. The van der Waals surface area contributed by atoms with Crippen LogP contribution in [0.15, 0.2) is 36.5 Å². The summed E-state index contributed by atoms with van der Waals surface area (Å²) in [5.74, 6) is 0. The molecule has 2 N–H and O–H groups in total. The van der Waals surface area contributed by atoms with E-state index in [4.69, 9.17) is 15.2 Å². The number of rotatable bonds is 8. The predicted molar refractivity (Wildman–Crippen MR) is 74.9 cm³/mol. The Morgan fingerprint density at radius 2 is 2.10 bits per heavy atom. The van der Waals surface area contributed by atoms with Crippen molar-refractivity contribution in [3.63, 3.8) is 0 Å². The van der Waals surface area contributed by atoms with Gasteiger partial charge in [-0.3, -0.25) is 0 Å². The van der Waals surface area contributed by atoms with Gasteiger partial charge in [0, 0.05) is 7.11 Å². The maximum absolute atomic E-state index is 5.98. The molecule has 108 valence electrons. The zero-order valence-corrected chi connectivity index (χ0v) is 11.6. The minimum Gasteiger partial charge on any atom is -0.383 e. The summed E-state index contributed by atoms with van der Waals surface area (Å²) in [6.45, 7) is 2.22. The van der Waals surface area contributed by atoms with Gasteiger partial charge in [-0.2, -0.15) is 0 Å². The third-order valence-electron chi connectivity index (χ3n) is 2.93. The van der Waals surface area contributed by atoms with E-state index in [0.717, 1.165) is 11.3 Å². The van der Waals surface area contributed by atoms with Crippen molar-refractivity contribution >= 4 is 0 Å². The van der Waals surface area contributed by atoms with Crippen LogP contribution in [-0.2, 0) is 22.6 Å². The van der Waals surface area contributed by atoms with Crippen LogP contribution in [0.25, 0.3) is 0 Å². The molecule has 0 aliphatic heterocycles. The van der Waals surface area contributed by atoms with Crippen molar-refractivity contribution in [2.45, 2.75) is 19.2 Å². The van der Waals surface area contributed by atoms with Crippen LogP contribution in [0.4, 0.5) is 0 Å². The number of ether oxygens (including phenoxy) is 2. The molecule has 1 aromatic heterocycles. The van der Waals surface area contributed by atoms with Crippen LogP contribution in [0, 0.1) is 0 Å². The smallest absolute Gasteiger partial charge is 0.0778 e. The molecule has 0 unspecified atom stereocenters. The topological polar surface area (TPSA) is 75.2 Å². The summed E-state index contributed by atoms with van der Waals surface area (Å²) in [5.41, 5.74) is 7.99. The number of nitrogens with zero attached hydrogens (tertiary/aromatic N) is 3. The van der Waals surface area contributed by atoms with E-state index in [-0.39, 0.29) is 6.04 Å². The van der Waals surface area contributed by atoms with Crippen molar-refractivity contribution in [1.82, 2.24) is 15.0 Å². The van der Waals surface area contributed by atoms with Crippen molar-refractivity contribution in [3.8, 4) is 0 Å². The second kappa shape index (κ2) is 7.74. The summed E-state index contributed by atoms with van der Waals surface area (Å²) >= 11 is 0. The van der Waals surface area contributed by atoms with E-state index in [1.165, 1.54) is 0 Å². The van der Waals surface area contributed by atoms with Crippen molar-refractivity contribution < 1.29 is 9.47 Å².